The van der Waals surface area contributed by atoms with Crippen molar-refractivity contribution in [3.63, 3.8) is 0 Å². The summed E-state index contributed by atoms with van der Waals surface area (Å²) in [5, 5.41) is 4.82. The molecule has 25 heavy (non-hydrogen) atoms. The van der Waals surface area contributed by atoms with Crippen LogP contribution in [0.4, 0.5) is 5.69 Å². The molecule has 1 atom stereocenters. The molecule has 4 rings (SSSR count). The number of benzene rings is 2. The molecule has 0 radical (unpaired) electrons. The lowest BCUT2D eigenvalue weighted by atomic mass is 10.2. The Kier molecular flexibility index (Phi) is 4.03. The second-order valence-electron chi connectivity index (χ2n) is 6.05. The van der Waals surface area contributed by atoms with Crippen LogP contribution in [0.15, 0.2) is 54.7 Å². The zero-order valence-corrected chi connectivity index (χ0v) is 14.1. The number of fused-ring (bicyclic) bond motifs is 1. The van der Waals surface area contributed by atoms with Gasteiger partial charge >= 0.3 is 0 Å². The summed E-state index contributed by atoms with van der Waals surface area (Å²) in [7, 11) is 0. The first-order valence-electron chi connectivity index (χ1n) is 8.04. The second kappa shape index (κ2) is 6.35. The van der Waals surface area contributed by atoms with E-state index in [9.17, 15) is 9.59 Å². The van der Waals surface area contributed by atoms with Crippen molar-refractivity contribution in [3.05, 3.63) is 65.3 Å². The first-order chi connectivity index (χ1) is 12.1. The van der Waals surface area contributed by atoms with Crippen molar-refractivity contribution < 1.29 is 9.59 Å². The summed E-state index contributed by atoms with van der Waals surface area (Å²) in [6.45, 7) is 0.437. The average Bonchev–Trinajstić information content (AvgIpc) is 3.18. The van der Waals surface area contributed by atoms with Crippen LogP contribution in [0.1, 0.15) is 12.0 Å². The highest BCUT2D eigenvalue weighted by molar-refractivity contribution is 6.31. The summed E-state index contributed by atoms with van der Waals surface area (Å²) >= 11 is 6.14. The molecule has 2 N–H and O–H groups in total. The Morgan fingerprint density at radius 2 is 2.00 bits per heavy atom. The number of nitrogens with zero attached hydrogens (tertiary/aromatic N) is 1. The van der Waals surface area contributed by atoms with Gasteiger partial charge in [-0.3, -0.25) is 9.59 Å². The van der Waals surface area contributed by atoms with Crippen LogP contribution in [0, 0.1) is 0 Å². The molecule has 5 nitrogen and oxygen atoms in total. The van der Waals surface area contributed by atoms with E-state index in [0.29, 0.717) is 17.3 Å². The quantitative estimate of drug-likeness (QED) is 0.708. The number of imide groups is 1. The van der Waals surface area contributed by atoms with Gasteiger partial charge in [-0.2, -0.15) is 0 Å². The van der Waals surface area contributed by atoms with E-state index in [2.05, 4.69) is 10.3 Å². The number of hydrogen-bond acceptors (Lipinski definition) is 3. The maximum Gasteiger partial charge on any atom is 0.251 e. The molecule has 2 heterocycles. The molecule has 2 amide bonds. The van der Waals surface area contributed by atoms with Gasteiger partial charge in [0.15, 0.2) is 0 Å². The van der Waals surface area contributed by atoms with Crippen LogP contribution in [0.5, 0.6) is 0 Å². The van der Waals surface area contributed by atoms with Gasteiger partial charge in [0.25, 0.3) is 5.91 Å². The van der Waals surface area contributed by atoms with Gasteiger partial charge < -0.3 is 10.3 Å². The number of amides is 2. The minimum atomic E-state index is -0.539. The van der Waals surface area contributed by atoms with Gasteiger partial charge in [-0.25, -0.2) is 4.90 Å². The first-order valence-corrected chi connectivity index (χ1v) is 8.42. The zero-order valence-electron chi connectivity index (χ0n) is 13.3. The lowest BCUT2D eigenvalue weighted by molar-refractivity contribution is -0.121. The topological polar surface area (TPSA) is 65.2 Å². The van der Waals surface area contributed by atoms with E-state index < -0.39 is 6.04 Å². The molecule has 1 saturated heterocycles. The van der Waals surface area contributed by atoms with Crippen molar-refractivity contribution in [2.24, 2.45) is 0 Å². The number of hydrogen-bond donors (Lipinski definition) is 2. The van der Waals surface area contributed by atoms with Crippen LogP contribution in [-0.4, -0.2) is 22.8 Å². The number of aromatic amines is 1. The molecule has 0 saturated carbocycles. The number of nitrogens with one attached hydrogen (secondary N) is 2. The fourth-order valence-electron chi connectivity index (χ4n) is 3.11. The highest BCUT2D eigenvalue weighted by atomic mass is 35.5. The van der Waals surface area contributed by atoms with Crippen LogP contribution >= 0.6 is 11.6 Å². The molecule has 1 aliphatic rings. The van der Waals surface area contributed by atoms with E-state index in [1.807, 2.05) is 42.6 Å². The highest BCUT2D eigenvalue weighted by Crippen LogP contribution is 2.26. The Bertz CT molecular complexity index is 966. The lowest BCUT2D eigenvalue weighted by Crippen LogP contribution is -2.38. The molecule has 3 aromatic rings. The van der Waals surface area contributed by atoms with Gasteiger partial charge in [0.2, 0.25) is 5.91 Å². The number of H-pyrrole nitrogens is 1. The van der Waals surface area contributed by atoms with Gasteiger partial charge in [-0.05, 0) is 35.2 Å². The maximum atomic E-state index is 12.7. The lowest BCUT2D eigenvalue weighted by Gasteiger charge is -2.16. The zero-order chi connectivity index (χ0) is 17.4. The number of carbonyl (C=O) groups is 2. The molecular weight excluding hydrogens is 338 g/mol. The van der Waals surface area contributed by atoms with Gasteiger partial charge in [0.1, 0.15) is 0 Å². The van der Waals surface area contributed by atoms with Crippen molar-refractivity contribution in [1.82, 2.24) is 10.3 Å². The number of halogens is 1. The number of aromatic nitrogens is 1. The summed E-state index contributed by atoms with van der Waals surface area (Å²) in [6.07, 6.45) is 1.97. The number of carbonyl (C=O) groups excluding carboxylic acids is 2. The third-order valence-corrected chi connectivity index (χ3v) is 4.81. The van der Waals surface area contributed by atoms with Crippen LogP contribution in [0.25, 0.3) is 10.9 Å². The molecule has 0 aliphatic carbocycles. The largest absolute Gasteiger partial charge is 0.361 e. The molecule has 126 valence electrons. The fourth-order valence-corrected chi connectivity index (χ4v) is 3.32. The Morgan fingerprint density at radius 1 is 1.16 bits per heavy atom. The maximum absolute atomic E-state index is 12.7. The van der Waals surface area contributed by atoms with E-state index in [1.54, 1.807) is 12.1 Å². The highest BCUT2D eigenvalue weighted by Gasteiger charge is 2.39. The fraction of sp³-hybridized carbons (Fsp3) is 0.158. The van der Waals surface area contributed by atoms with Gasteiger partial charge in [0, 0.05) is 23.3 Å². The van der Waals surface area contributed by atoms with Crippen molar-refractivity contribution in [1.29, 1.82) is 0 Å². The molecule has 1 fully saturated rings. The van der Waals surface area contributed by atoms with Crippen LogP contribution in [0.2, 0.25) is 5.02 Å². The number of rotatable bonds is 4. The van der Waals surface area contributed by atoms with Crippen molar-refractivity contribution in [2.45, 2.75) is 19.0 Å². The predicted molar refractivity (Wildman–Crippen MR) is 97.5 cm³/mol. The van der Waals surface area contributed by atoms with Gasteiger partial charge in [-0.15, -0.1) is 0 Å². The SMILES string of the molecule is O=C1CC(NCc2ccccc2Cl)C(=O)N1c1ccc2cc[nH]c2c1. The summed E-state index contributed by atoms with van der Waals surface area (Å²) < 4.78 is 0. The van der Waals surface area contributed by atoms with E-state index in [4.69, 9.17) is 11.6 Å². The van der Waals surface area contributed by atoms with E-state index in [-0.39, 0.29) is 18.2 Å². The smallest absolute Gasteiger partial charge is 0.251 e. The van der Waals surface area contributed by atoms with Crippen LogP contribution in [0.3, 0.4) is 0 Å². The van der Waals surface area contributed by atoms with Crippen molar-refractivity contribution >= 4 is 40.0 Å². The normalized spacial score (nSPS) is 17.6. The van der Waals surface area contributed by atoms with Crippen LogP contribution in [-0.2, 0) is 16.1 Å². The second-order valence-corrected chi connectivity index (χ2v) is 6.45. The predicted octanol–water partition coefficient (Wildman–Crippen LogP) is 3.24. The summed E-state index contributed by atoms with van der Waals surface area (Å²) in [5.41, 5.74) is 2.38. The standard InChI is InChI=1S/C19H16ClN3O2/c20-15-4-2-1-3-13(15)11-22-17-10-18(24)23(19(17)25)14-6-5-12-7-8-21-16(12)9-14/h1-9,17,21-22H,10-11H2. The van der Waals surface area contributed by atoms with Crippen molar-refractivity contribution in [3.8, 4) is 0 Å². The third-order valence-electron chi connectivity index (χ3n) is 4.44. The Labute approximate surface area is 149 Å². The molecule has 1 aliphatic heterocycles. The van der Waals surface area contributed by atoms with Gasteiger partial charge in [-0.1, -0.05) is 35.9 Å². The molecule has 1 aromatic heterocycles. The molecular formula is C19H16ClN3O2. The molecule has 0 bridgehead atoms. The van der Waals surface area contributed by atoms with E-state index in [0.717, 1.165) is 16.5 Å². The minimum absolute atomic E-state index is 0.145. The summed E-state index contributed by atoms with van der Waals surface area (Å²) in [5.74, 6) is -0.435. The minimum Gasteiger partial charge on any atom is -0.361 e. The first kappa shape index (κ1) is 15.9. The Balaban J connectivity index is 1.52. The monoisotopic (exact) mass is 353 g/mol. The molecule has 1 unspecified atom stereocenters. The molecule has 2 aromatic carbocycles. The van der Waals surface area contributed by atoms with Crippen LogP contribution < -0.4 is 10.2 Å². The summed E-state index contributed by atoms with van der Waals surface area (Å²) in [4.78, 5) is 29.4. The van der Waals surface area contributed by atoms with E-state index in [1.165, 1.54) is 4.90 Å². The Morgan fingerprint density at radius 3 is 2.84 bits per heavy atom. The third kappa shape index (κ3) is 2.92. The Hall–Kier alpha value is -2.63. The van der Waals surface area contributed by atoms with Gasteiger partial charge in [0.05, 0.1) is 18.2 Å². The average molecular weight is 354 g/mol. The number of anilines is 1. The molecule has 6 heteroatoms. The van der Waals surface area contributed by atoms with Crippen molar-refractivity contribution in [2.75, 3.05) is 4.90 Å². The molecule has 0 spiro atoms. The summed E-state index contributed by atoms with van der Waals surface area (Å²) in [6, 6.07) is 14.4. The van der Waals surface area contributed by atoms with E-state index >= 15 is 0 Å².